The quantitative estimate of drug-likeness (QED) is 0.503. The van der Waals surface area contributed by atoms with Crippen LogP contribution in [0.25, 0.3) is 0 Å². The summed E-state index contributed by atoms with van der Waals surface area (Å²) in [7, 11) is 0. The zero-order valence-electron chi connectivity index (χ0n) is 12.3. The molecule has 0 amide bonds. The monoisotopic (exact) mass is 284 g/mol. The molecule has 0 aromatic rings. The number of hydrogen-bond acceptors (Lipinski definition) is 5. The highest BCUT2D eigenvalue weighted by atomic mass is 16.7. The third-order valence-electron chi connectivity index (χ3n) is 8.03. The summed E-state index contributed by atoms with van der Waals surface area (Å²) in [6, 6.07) is 0. The Balaban J connectivity index is 2.08. The Morgan fingerprint density at radius 1 is 1.15 bits per heavy atom. The van der Waals surface area contributed by atoms with Crippen molar-refractivity contribution in [1.29, 1.82) is 0 Å². The van der Waals surface area contributed by atoms with E-state index in [9.17, 15) is 20.4 Å². The lowest BCUT2D eigenvalue weighted by molar-refractivity contribution is -0.413. The lowest BCUT2D eigenvalue weighted by Crippen LogP contribution is -2.84. The summed E-state index contributed by atoms with van der Waals surface area (Å²) >= 11 is 0. The van der Waals surface area contributed by atoms with E-state index in [2.05, 4.69) is 0 Å². The Bertz CT molecular complexity index is 495. The first-order valence-corrected chi connectivity index (χ1v) is 7.57. The molecule has 1 saturated heterocycles. The molecule has 20 heavy (non-hydrogen) atoms. The molecule has 114 valence electrons. The van der Waals surface area contributed by atoms with Crippen molar-refractivity contribution in [2.45, 2.75) is 63.6 Å². The lowest BCUT2D eigenvalue weighted by atomic mass is 9.34. The van der Waals surface area contributed by atoms with Crippen molar-refractivity contribution >= 4 is 0 Å². The van der Waals surface area contributed by atoms with E-state index in [1.165, 1.54) is 0 Å². The predicted octanol–water partition coefficient (Wildman–Crippen LogP) is 0.00430. The van der Waals surface area contributed by atoms with E-state index < -0.39 is 39.8 Å². The molecule has 5 rings (SSSR count). The molecule has 1 heterocycles. The maximum absolute atomic E-state index is 11.5. The van der Waals surface area contributed by atoms with Gasteiger partial charge in [-0.3, -0.25) is 0 Å². The molecule has 5 fully saturated rings. The SMILES string of the molecule is C[C@@H]1CC[C@@]2(O)[C@@]13C[C@@H](O)[C@]1(C)[C@@]2(C)CO[C@]1(O)[C@@H]3O. The molecule has 5 aliphatic rings. The molecule has 4 bridgehead atoms. The Morgan fingerprint density at radius 3 is 2.45 bits per heavy atom. The van der Waals surface area contributed by atoms with Gasteiger partial charge in [0, 0.05) is 10.8 Å². The van der Waals surface area contributed by atoms with Gasteiger partial charge < -0.3 is 25.2 Å². The van der Waals surface area contributed by atoms with Crippen LogP contribution in [0, 0.1) is 22.2 Å². The minimum Gasteiger partial charge on any atom is -0.392 e. The molecule has 0 radical (unpaired) electrons. The van der Waals surface area contributed by atoms with Crippen molar-refractivity contribution in [3.8, 4) is 0 Å². The normalized spacial score (nSPS) is 71.2. The number of ether oxygens (including phenoxy) is 1. The largest absolute Gasteiger partial charge is 0.392 e. The molecule has 4 N–H and O–H groups in total. The summed E-state index contributed by atoms with van der Waals surface area (Å²) < 4.78 is 5.62. The Kier molecular flexibility index (Phi) is 2.09. The van der Waals surface area contributed by atoms with E-state index in [0.717, 1.165) is 6.42 Å². The predicted molar refractivity (Wildman–Crippen MR) is 69.5 cm³/mol. The second kappa shape index (κ2) is 3.10. The lowest BCUT2D eigenvalue weighted by Gasteiger charge is -2.72. The van der Waals surface area contributed by atoms with Gasteiger partial charge in [0.05, 0.1) is 23.7 Å². The first kappa shape index (κ1) is 13.5. The summed E-state index contributed by atoms with van der Waals surface area (Å²) in [5.41, 5.74) is -3.80. The first-order chi connectivity index (χ1) is 9.12. The van der Waals surface area contributed by atoms with E-state index in [4.69, 9.17) is 4.74 Å². The number of aliphatic hydroxyl groups is 4. The van der Waals surface area contributed by atoms with Gasteiger partial charge >= 0.3 is 0 Å². The van der Waals surface area contributed by atoms with Gasteiger partial charge in [0.25, 0.3) is 0 Å². The van der Waals surface area contributed by atoms with Crippen molar-refractivity contribution in [1.82, 2.24) is 0 Å². The van der Waals surface area contributed by atoms with E-state index in [-0.39, 0.29) is 12.5 Å². The van der Waals surface area contributed by atoms with Crippen LogP contribution in [0.1, 0.15) is 40.0 Å². The van der Waals surface area contributed by atoms with Crippen LogP contribution in [0.4, 0.5) is 0 Å². The van der Waals surface area contributed by atoms with Crippen molar-refractivity contribution in [3.05, 3.63) is 0 Å². The number of fused-ring (bicyclic) bond motifs is 1. The topological polar surface area (TPSA) is 90.2 Å². The highest BCUT2D eigenvalue weighted by molar-refractivity contribution is 5.36. The molecule has 8 atom stereocenters. The third kappa shape index (κ3) is 0.830. The van der Waals surface area contributed by atoms with Crippen molar-refractivity contribution < 1.29 is 25.2 Å². The zero-order chi connectivity index (χ0) is 14.8. The standard InChI is InChI=1S/C15H24O5/c1-8-4-5-14(18)11(2)7-20-15(19)10(17)13(8,14)6-9(16)12(11,15)3/h8-10,16-19H,4-7H2,1-3H3/t8-,9-,10-,11-,12-,13+,14+,15-/m1/s1. The second-order valence-corrected chi connectivity index (χ2v) is 7.98. The van der Waals surface area contributed by atoms with E-state index in [1.54, 1.807) is 6.92 Å². The molecule has 0 unspecified atom stereocenters. The van der Waals surface area contributed by atoms with Crippen LogP contribution >= 0.6 is 0 Å². The molecule has 0 aromatic carbocycles. The highest BCUT2D eigenvalue weighted by Crippen LogP contribution is 2.80. The van der Waals surface area contributed by atoms with E-state index in [0.29, 0.717) is 12.8 Å². The van der Waals surface area contributed by atoms with Gasteiger partial charge in [0.2, 0.25) is 5.79 Å². The highest BCUT2D eigenvalue weighted by Gasteiger charge is 2.90. The van der Waals surface area contributed by atoms with Crippen molar-refractivity contribution in [2.75, 3.05) is 6.61 Å². The fraction of sp³-hybridized carbons (Fsp3) is 1.00. The minimum absolute atomic E-state index is 0.0366. The molecule has 0 aromatic heterocycles. The van der Waals surface area contributed by atoms with Crippen LogP contribution in [0.5, 0.6) is 0 Å². The zero-order valence-corrected chi connectivity index (χ0v) is 12.3. The number of aliphatic hydroxyl groups excluding tert-OH is 2. The maximum atomic E-state index is 11.5. The first-order valence-electron chi connectivity index (χ1n) is 7.57. The number of hydrogen-bond donors (Lipinski definition) is 4. The molecule has 1 aliphatic heterocycles. The second-order valence-electron chi connectivity index (χ2n) is 7.98. The van der Waals surface area contributed by atoms with Crippen molar-refractivity contribution in [2.24, 2.45) is 22.2 Å². The van der Waals surface area contributed by atoms with Crippen LogP contribution in [-0.4, -0.2) is 50.6 Å². The van der Waals surface area contributed by atoms with Gasteiger partial charge in [0.15, 0.2) is 0 Å². The van der Waals surface area contributed by atoms with Crippen LogP contribution in [0.2, 0.25) is 0 Å². The summed E-state index contributed by atoms with van der Waals surface area (Å²) in [4.78, 5) is 0. The van der Waals surface area contributed by atoms with Gasteiger partial charge in [-0.15, -0.1) is 0 Å². The van der Waals surface area contributed by atoms with Crippen LogP contribution in [-0.2, 0) is 4.74 Å². The molecule has 4 saturated carbocycles. The fourth-order valence-corrected chi connectivity index (χ4v) is 6.43. The van der Waals surface area contributed by atoms with Crippen LogP contribution in [0.3, 0.4) is 0 Å². The van der Waals surface area contributed by atoms with Gasteiger partial charge in [0.1, 0.15) is 6.10 Å². The van der Waals surface area contributed by atoms with Gasteiger partial charge in [-0.25, -0.2) is 0 Å². The van der Waals surface area contributed by atoms with Crippen molar-refractivity contribution in [3.63, 3.8) is 0 Å². The van der Waals surface area contributed by atoms with Gasteiger partial charge in [-0.1, -0.05) is 20.8 Å². The summed E-state index contributed by atoms with van der Waals surface area (Å²) in [6.45, 7) is 5.80. The maximum Gasteiger partial charge on any atom is 0.201 e. The van der Waals surface area contributed by atoms with Gasteiger partial charge in [-0.2, -0.15) is 0 Å². The minimum atomic E-state index is -1.77. The third-order valence-corrected chi connectivity index (χ3v) is 8.03. The molecule has 5 heteroatoms. The fourth-order valence-electron chi connectivity index (χ4n) is 6.43. The molecular weight excluding hydrogens is 260 g/mol. The summed E-state index contributed by atoms with van der Waals surface area (Å²) in [5.74, 6) is -1.74. The van der Waals surface area contributed by atoms with Gasteiger partial charge in [-0.05, 0) is 25.2 Å². The Hall–Kier alpha value is -0.200. The Labute approximate surface area is 118 Å². The molecular formula is C15H24O5. The van der Waals surface area contributed by atoms with Crippen LogP contribution in [0.15, 0.2) is 0 Å². The molecule has 1 spiro atoms. The van der Waals surface area contributed by atoms with E-state index >= 15 is 0 Å². The summed E-state index contributed by atoms with van der Waals surface area (Å²) in [6.07, 6.45) is -0.250. The average Bonchev–Trinajstić information content (AvgIpc) is 2.77. The molecule has 4 aliphatic carbocycles. The Morgan fingerprint density at radius 2 is 1.80 bits per heavy atom. The van der Waals surface area contributed by atoms with E-state index in [1.807, 2.05) is 13.8 Å². The average molecular weight is 284 g/mol. The summed E-state index contributed by atoms with van der Waals surface area (Å²) in [5, 5.41) is 44.1. The molecule has 5 nitrogen and oxygen atoms in total. The smallest absolute Gasteiger partial charge is 0.201 e. The number of rotatable bonds is 0. The van der Waals surface area contributed by atoms with Crippen LogP contribution < -0.4 is 0 Å².